The summed E-state index contributed by atoms with van der Waals surface area (Å²) in [5.74, 6) is 0.893. The highest BCUT2D eigenvalue weighted by molar-refractivity contribution is 5.97. The van der Waals surface area contributed by atoms with E-state index in [0.717, 1.165) is 31.9 Å². The summed E-state index contributed by atoms with van der Waals surface area (Å²) < 4.78 is 5.38. The van der Waals surface area contributed by atoms with E-state index in [0.29, 0.717) is 0 Å². The van der Waals surface area contributed by atoms with Crippen LogP contribution in [0.2, 0.25) is 0 Å². The first-order valence-electron chi connectivity index (χ1n) is 8.85. The molecule has 0 atom stereocenters. The zero-order valence-corrected chi connectivity index (χ0v) is 14.9. The van der Waals surface area contributed by atoms with Crippen LogP contribution in [0.4, 0.5) is 5.69 Å². The van der Waals surface area contributed by atoms with Gasteiger partial charge in [-0.3, -0.25) is 0 Å². The second kappa shape index (κ2) is 6.77. The summed E-state index contributed by atoms with van der Waals surface area (Å²) in [6, 6.07) is 21.6. The maximum absolute atomic E-state index is 5.38. The van der Waals surface area contributed by atoms with Gasteiger partial charge in [-0.05, 0) is 47.8 Å². The summed E-state index contributed by atoms with van der Waals surface area (Å²) >= 11 is 0. The Balaban J connectivity index is 1.77. The number of piperazine rings is 1. The number of likely N-dealkylation sites (N-methyl/N-ethyl adjacent to an activating group) is 1. The number of nitrogens with zero attached hydrogens (tertiary/aromatic N) is 2. The van der Waals surface area contributed by atoms with Crippen molar-refractivity contribution in [3.05, 3.63) is 60.7 Å². The molecule has 0 unspecified atom stereocenters. The minimum absolute atomic E-state index is 0.893. The highest BCUT2D eigenvalue weighted by Gasteiger charge is 2.16. The van der Waals surface area contributed by atoms with E-state index in [1.807, 2.05) is 12.1 Å². The Kier molecular flexibility index (Phi) is 4.33. The SMILES string of the molecule is COc1cccc(-c2ccc3cccc(N4CCN(C)CC4)c3c2)c1. The molecule has 0 radical (unpaired) electrons. The zero-order chi connectivity index (χ0) is 17.2. The third kappa shape index (κ3) is 3.20. The molecule has 1 aliphatic rings. The number of anilines is 1. The van der Waals surface area contributed by atoms with Gasteiger partial charge >= 0.3 is 0 Å². The van der Waals surface area contributed by atoms with Crippen LogP contribution in [0.3, 0.4) is 0 Å². The molecule has 0 N–H and O–H groups in total. The largest absolute Gasteiger partial charge is 0.497 e. The van der Waals surface area contributed by atoms with Crippen molar-refractivity contribution >= 4 is 16.5 Å². The smallest absolute Gasteiger partial charge is 0.119 e. The first-order valence-corrected chi connectivity index (χ1v) is 8.85. The number of methoxy groups -OCH3 is 1. The van der Waals surface area contributed by atoms with E-state index in [1.54, 1.807) is 7.11 Å². The summed E-state index contributed by atoms with van der Waals surface area (Å²) in [4.78, 5) is 4.90. The molecule has 0 spiro atoms. The van der Waals surface area contributed by atoms with E-state index in [2.05, 4.69) is 65.4 Å². The van der Waals surface area contributed by atoms with E-state index < -0.39 is 0 Å². The average molecular weight is 332 g/mol. The normalized spacial score (nSPS) is 15.5. The van der Waals surface area contributed by atoms with Gasteiger partial charge in [0.2, 0.25) is 0 Å². The molecular formula is C22H24N2O. The van der Waals surface area contributed by atoms with Gasteiger partial charge in [-0.15, -0.1) is 0 Å². The molecule has 0 saturated carbocycles. The summed E-state index contributed by atoms with van der Waals surface area (Å²) in [7, 11) is 3.91. The number of benzene rings is 3. The molecular weight excluding hydrogens is 308 g/mol. The van der Waals surface area contributed by atoms with Crippen molar-refractivity contribution in [2.24, 2.45) is 0 Å². The molecule has 3 aromatic rings. The molecule has 0 aromatic heterocycles. The highest BCUT2D eigenvalue weighted by Crippen LogP contribution is 2.32. The second-order valence-corrected chi connectivity index (χ2v) is 6.74. The quantitative estimate of drug-likeness (QED) is 0.712. The Morgan fingerprint density at radius 1 is 0.800 bits per heavy atom. The second-order valence-electron chi connectivity index (χ2n) is 6.74. The number of fused-ring (bicyclic) bond motifs is 1. The predicted molar refractivity (Wildman–Crippen MR) is 106 cm³/mol. The molecule has 4 rings (SSSR count). The summed E-state index contributed by atoms with van der Waals surface area (Å²) in [6.07, 6.45) is 0. The van der Waals surface area contributed by atoms with Gasteiger partial charge in [0.15, 0.2) is 0 Å². The molecule has 3 aromatic carbocycles. The average Bonchev–Trinajstić information content (AvgIpc) is 2.68. The maximum atomic E-state index is 5.38. The van der Waals surface area contributed by atoms with Crippen LogP contribution in [0.15, 0.2) is 60.7 Å². The van der Waals surface area contributed by atoms with Gasteiger partial charge in [0.25, 0.3) is 0 Å². The summed E-state index contributed by atoms with van der Waals surface area (Å²) in [5.41, 5.74) is 3.76. The van der Waals surface area contributed by atoms with Crippen molar-refractivity contribution in [2.45, 2.75) is 0 Å². The first kappa shape index (κ1) is 16.0. The van der Waals surface area contributed by atoms with Gasteiger partial charge in [-0.2, -0.15) is 0 Å². The van der Waals surface area contributed by atoms with Crippen LogP contribution in [0.5, 0.6) is 5.75 Å². The van der Waals surface area contributed by atoms with E-state index >= 15 is 0 Å². The van der Waals surface area contributed by atoms with Crippen molar-refractivity contribution in [1.29, 1.82) is 0 Å². The Bertz CT molecular complexity index is 882. The van der Waals surface area contributed by atoms with E-state index in [-0.39, 0.29) is 0 Å². The third-order valence-corrected chi connectivity index (χ3v) is 5.11. The van der Waals surface area contributed by atoms with Crippen LogP contribution in [-0.4, -0.2) is 45.2 Å². The van der Waals surface area contributed by atoms with Crippen LogP contribution in [0, 0.1) is 0 Å². The number of ether oxygens (including phenoxy) is 1. The zero-order valence-electron chi connectivity index (χ0n) is 14.9. The van der Waals surface area contributed by atoms with E-state index in [4.69, 9.17) is 4.74 Å². The summed E-state index contributed by atoms with van der Waals surface area (Å²) in [5, 5.41) is 2.62. The molecule has 0 bridgehead atoms. The topological polar surface area (TPSA) is 15.7 Å². The Morgan fingerprint density at radius 3 is 2.36 bits per heavy atom. The van der Waals surface area contributed by atoms with Gasteiger partial charge in [-0.1, -0.05) is 36.4 Å². The fraction of sp³-hybridized carbons (Fsp3) is 0.273. The number of rotatable bonds is 3. The van der Waals surface area contributed by atoms with Gasteiger partial charge in [0, 0.05) is 37.3 Å². The van der Waals surface area contributed by atoms with Crippen LogP contribution in [0.1, 0.15) is 0 Å². The number of hydrogen-bond acceptors (Lipinski definition) is 3. The Morgan fingerprint density at radius 2 is 1.56 bits per heavy atom. The van der Waals surface area contributed by atoms with Crippen LogP contribution in [-0.2, 0) is 0 Å². The maximum Gasteiger partial charge on any atom is 0.119 e. The lowest BCUT2D eigenvalue weighted by Crippen LogP contribution is -2.44. The molecule has 1 fully saturated rings. The van der Waals surface area contributed by atoms with Crippen LogP contribution in [0.25, 0.3) is 21.9 Å². The minimum Gasteiger partial charge on any atom is -0.497 e. The lowest BCUT2D eigenvalue weighted by Gasteiger charge is -2.34. The molecule has 128 valence electrons. The van der Waals surface area contributed by atoms with Crippen LogP contribution < -0.4 is 9.64 Å². The van der Waals surface area contributed by atoms with Gasteiger partial charge in [-0.25, -0.2) is 0 Å². The molecule has 0 aliphatic carbocycles. The third-order valence-electron chi connectivity index (χ3n) is 5.11. The lowest BCUT2D eigenvalue weighted by molar-refractivity contribution is 0.313. The molecule has 1 saturated heterocycles. The Hall–Kier alpha value is -2.52. The number of hydrogen-bond donors (Lipinski definition) is 0. The van der Waals surface area contributed by atoms with Crippen molar-refractivity contribution in [2.75, 3.05) is 45.2 Å². The van der Waals surface area contributed by atoms with Crippen LogP contribution >= 0.6 is 0 Å². The fourth-order valence-corrected chi connectivity index (χ4v) is 3.56. The monoisotopic (exact) mass is 332 g/mol. The van der Waals surface area contributed by atoms with Crippen molar-refractivity contribution in [3.8, 4) is 16.9 Å². The Labute approximate surface area is 149 Å². The molecule has 3 heteroatoms. The molecule has 0 amide bonds. The van der Waals surface area contributed by atoms with Crippen molar-refractivity contribution in [3.63, 3.8) is 0 Å². The van der Waals surface area contributed by atoms with Crippen molar-refractivity contribution in [1.82, 2.24) is 4.90 Å². The molecule has 1 aliphatic heterocycles. The summed E-state index contributed by atoms with van der Waals surface area (Å²) in [6.45, 7) is 4.40. The fourth-order valence-electron chi connectivity index (χ4n) is 3.56. The molecule has 25 heavy (non-hydrogen) atoms. The van der Waals surface area contributed by atoms with Crippen molar-refractivity contribution < 1.29 is 4.74 Å². The van der Waals surface area contributed by atoms with E-state index in [9.17, 15) is 0 Å². The van der Waals surface area contributed by atoms with Gasteiger partial charge in [0.1, 0.15) is 5.75 Å². The molecule has 3 nitrogen and oxygen atoms in total. The minimum atomic E-state index is 0.893. The standard InChI is InChI=1S/C22H24N2O/c1-23-11-13-24(14-12-23)22-8-4-5-17-9-10-19(16-21(17)22)18-6-3-7-20(15-18)25-2/h3-10,15-16H,11-14H2,1-2H3. The molecule has 1 heterocycles. The van der Waals surface area contributed by atoms with Gasteiger partial charge < -0.3 is 14.5 Å². The first-order chi connectivity index (χ1) is 12.2. The van der Waals surface area contributed by atoms with E-state index in [1.165, 1.54) is 27.6 Å². The van der Waals surface area contributed by atoms with Gasteiger partial charge in [0.05, 0.1) is 7.11 Å². The predicted octanol–water partition coefficient (Wildman–Crippen LogP) is 4.27. The highest BCUT2D eigenvalue weighted by atomic mass is 16.5. The lowest BCUT2D eigenvalue weighted by atomic mass is 9.99.